The van der Waals surface area contributed by atoms with Crippen molar-refractivity contribution in [2.24, 2.45) is 0 Å². The van der Waals surface area contributed by atoms with E-state index < -0.39 is 18.1 Å². The lowest BCUT2D eigenvalue weighted by molar-refractivity contribution is 0.0847. The number of ether oxygens (including phenoxy) is 3. The summed E-state index contributed by atoms with van der Waals surface area (Å²) in [4.78, 5) is 32.9. The van der Waals surface area contributed by atoms with Gasteiger partial charge in [0, 0.05) is 18.8 Å². The summed E-state index contributed by atoms with van der Waals surface area (Å²) in [5.74, 6) is -0.793. The molecule has 1 aromatic carbocycles. The molecule has 3 aromatic rings. The number of halogens is 1. The van der Waals surface area contributed by atoms with Crippen LogP contribution in [0.4, 0.5) is 19.1 Å². The number of hydrogen-bond acceptors (Lipinski definition) is 8. The highest BCUT2D eigenvalue weighted by atomic mass is 32.1. The van der Waals surface area contributed by atoms with Gasteiger partial charge in [0.05, 0.1) is 11.8 Å². The Morgan fingerprint density at radius 1 is 1.23 bits per heavy atom. The Hall–Kier alpha value is -3.31. The maximum absolute atomic E-state index is 14.9. The zero-order valence-corrected chi connectivity index (χ0v) is 17.2. The number of carbonyl (C=O) groups is 2. The Kier molecular flexibility index (Phi) is 5.96. The molecule has 0 aliphatic carbocycles. The predicted molar refractivity (Wildman–Crippen MR) is 110 cm³/mol. The van der Waals surface area contributed by atoms with Gasteiger partial charge in [0.2, 0.25) is 17.0 Å². The molecule has 2 amide bonds. The molecule has 0 bridgehead atoms. The lowest BCUT2D eigenvalue weighted by atomic mass is 9.92. The number of carboxylic acid groups (broad SMARTS) is 1. The highest BCUT2D eigenvalue weighted by Crippen LogP contribution is 2.42. The molecular formula is C20H18FN3O6S. The van der Waals surface area contributed by atoms with E-state index in [1.165, 1.54) is 19.2 Å². The second-order valence-electron chi connectivity index (χ2n) is 6.69. The number of nitrogens with zero attached hydrogens (tertiary/aromatic N) is 3. The van der Waals surface area contributed by atoms with Crippen LogP contribution in [0.25, 0.3) is 10.2 Å². The van der Waals surface area contributed by atoms with Crippen molar-refractivity contribution in [1.82, 2.24) is 9.97 Å². The Balaban J connectivity index is 1.78. The number of imide groups is 1. The minimum atomic E-state index is -1.58. The van der Waals surface area contributed by atoms with Crippen molar-refractivity contribution in [3.05, 3.63) is 41.8 Å². The van der Waals surface area contributed by atoms with Crippen molar-refractivity contribution in [3.63, 3.8) is 0 Å². The number of para-hydroxylation sites is 1. The first-order chi connectivity index (χ1) is 15.0. The van der Waals surface area contributed by atoms with Gasteiger partial charge in [0.25, 0.3) is 0 Å². The standard InChI is InChI=1S/C20H18FN3O6S/c1-28-17-14-15(13(16(21)23-17)11-7-9-29-10-8-11)31-18(22-14)24(19(25)26)20(27)30-12-5-3-2-4-6-12/h2-6,11H,7-10H2,1H3,(H,25,26). The Labute approximate surface area is 180 Å². The van der Waals surface area contributed by atoms with Crippen LogP contribution in [0.3, 0.4) is 0 Å². The molecule has 11 heteroatoms. The zero-order chi connectivity index (χ0) is 22.0. The number of hydrogen-bond donors (Lipinski definition) is 1. The highest BCUT2D eigenvalue weighted by Gasteiger charge is 2.32. The van der Waals surface area contributed by atoms with Gasteiger partial charge < -0.3 is 19.3 Å². The Morgan fingerprint density at radius 2 is 1.94 bits per heavy atom. The molecule has 4 rings (SSSR count). The lowest BCUT2D eigenvalue weighted by Gasteiger charge is -2.23. The number of aromatic nitrogens is 2. The van der Waals surface area contributed by atoms with Crippen LogP contribution >= 0.6 is 11.3 Å². The molecule has 31 heavy (non-hydrogen) atoms. The van der Waals surface area contributed by atoms with Crippen molar-refractivity contribution in [3.8, 4) is 11.6 Å². The molecule has 0 unspecified atom stereocenters. The molecule has 3 heterocycles. The van der Waals surface area contributed by atoms with Gasteiger partial charge in [-0.15, -0.1) is 0 Å². The van der Waals surface area contributed by atoms with Gasteiger partial charge in [0.1, 0.15) is 11.3 Å². The smallest absolute Gasteiger partial charge is 0.431 e. The van der Waals surface area contributed by atoms with Crippen molar-refractivity contribution in [2.75, 3.05) is 25.2 Å². The molecular weight excluding hydrogens is 429 g/mol. The van der Waals surface area contributed by atoms with Gasteiger partial charge in [-0.3, -0.25) is 0 Å². The number of thiazole rings is 1. The van der Waals surface area contributed by atoms with Crippen molar-refractivity contribution >= 4 is 38.9 Å². The SMILES string of the molecule is COc1nc(F)c(C2CCOCC2)c2sc(N(C(=O)O)C(=O)Oc3ccccc3)nc12. The summed E-state index contributed by atoms with van der Waals surface area (Å²) in [5.41, 5.74) is 0.508. The summed E-state index contributed by atoms with van der Waals surface area (Å²) in [6, 6.07) is 8.05. The maximum atomic E-state index is 14.9. The molecule has 2 aromatic heterocycles. The van der Waals surface area contributed by atoms with Gasteiger partial charge in [-0.2, -0.15) is 14.3 Å². The number of fused-ring (bicyclic) bond motifs is 1. The number of amides is 2. The molecule has 0 spiro atoms. The van der Waals surface area contributed by atoms with E-state index in [2.05, 4.69) is 9.97 Å². The number of benzene rings is 1. The maximum Gasteiger partial charge on any atom is 0.431 e. The number of carbonyl (C=O) groups excluding carboxylic acids is 1. The van der Waals surface area contributed by atoms with Gasteiger partial charge in [0.15, 0.2) is 0 Å². The zero-order valence-electron chi connectivity index (χ0n) is 16.4. The molecule has 0 atom stereocenters. The van der Waals surface area contributed by atoms with E-state index in [1.807, 2.05) is 0 Å². The average Bonchev–Trinajstić information content (AvgIpc) is 3.18. The van der Waals surface area contributed by atoms with Crippen molar-refractivity contribution in [2.45, 2.75) is 18.8 Å². The second kappa shape index (κ2) is 8.82. The van der Waals surface area contributed by atoms with Crippen molar-refractivity contribution < 1.29 is 33.3 Å². The monoisotopic (exact) mass is 447 g/mol. The van der Waals surface area contributed by atoms with E-state index in [4.69, 9.17) is 14.2 Å². The van der Waals surface area contributed by atoms with Crippen LogP contribution in [0.5, 0.6) is 11.6 Å². The van der Waals surface area contributed by atoms with E-state index in [-0.39, 0.29) is 28.2 Å². The average molecular weight is 447 g/mol. The van der Waals surface area contributed by atoms with Gasteiger partial charge >= 0.3 is 12.2 Å². The summed E-state index contributed by atoms with van der Waals surface area (Å²) in [6.45, 7) is 0.960. The van der Waals surface area contributed by atoms with Crippen LogP contribution in [-0.2, 0) is 4.74 Å². The number of methoxy groups -OCH3 is 1. The van der Waals surface area contributed by atoms with Gasteiger partial charge in [-0.05, 0) is 30.9 Å². The van der Waals surface area contributed by atoms with E-state index in [0.29, 0.717) is 41.2 Å². The molecule has 1 aliphatic rings. The second-order valence-corrected chi connectivity index (χ2v) is 7.66. The molecule has 0 radical (unpaired) electrons. The molecule has 1 saturated heterocycles. The molecule has 1 N–H and O–H groups in total. The third-order valence-corrected chi connectivity index (χ3v) is 5.90. The van der Waals surface area contributed by atoms with Crippen LogP contribution in [0.2, 0.25) is 0 Å². The summed E-state index contributed by atoms with van der Waals surface area (Å²) >= 11 is 0.869. The molecule has 1 fully saturated rings. The van der Waals surface area contributed by atoms with Crippen LogP contribution < -0.4 is 14.4 Å². The van der Waals surface area contributed by atoms with Crippen LogP contribution in [0, 0.1) is 5.95 Å². The summed E-state index contributed by atoms with van der Waals surface area (Å²) in [7, 11) is 1.31. The summed E-state index contributed by atoms with van der Waals surface area (Å²) in [5, 5.41) is 9.46. The first-order valence-electron chi connectivity index (χ1n) is 9.41. The fourth-order valence-corrected chi connectivity index (χ4v) is 4.54. The first kappa shape index (κ1) is 20.9. The third-order valence-electron chi connectivity index (χ3n) is 4.82. The minimum absolute atomic E-state index is 0.0902. The topological polar surface area (TPSA) is 111 Å². The number of rotatable bonds is 4. The fraction of sp³-hybridized carbons (Fsp3) is 0.300. The third kappa shape index (κ3) is 4.14. The van der Waals surface area contributed by atoms with Gasteiger partial charge in [-0.1, -0.05) is 29.5 Å². The predicted octanol–water partition coefficient (Wildman–Crippen LogP) is 4.42. The van der Waals surface area contributed by atoms with Crippen LogP contribution in [-0.4, -0.2) is 47.6 Å². The number of anilines is 1. The van der Waals surface area contributed by atoms with E-state index in [0.717, 1.165) is 11.3 Å². The summed E-state index contributed by atoms with van der Waals surface area (Å²) < 4.78 is 30.9. The molecule has 1 aliphatic heterocycles. The highest BCUT2D eigenvalue weighted by molar-refractivity contribution is 7.22. The van der Waals surface area contributed by atoms with E-state index in [9.17, 15) is 19.1 Å². The quantitative estimate of drug-likeness (QED) is 0.585. The largest absolute Gasteiger partial charge is 0.479 e. The molecule has 0 saturated carbocycles. The normalized spacial score (nSPS) is 14.4. The van der Waals surface area contributed by atoms with E-state index >= 15 is 0 Å². The number of pyridine rings is 1. The molecule has 162 valence electrons. The van der Waals surface area contributed by atoms with Gasteiger partial charge in [-0.25, -0.2) is 14.6 Å². The van der Waals surface area contributed by atoms with E-state index in [1.54, 1.807) is 18.2 Å². The first-order valence-corrected chi connectivity index (χ1v) is 10.2. The van der Waals surface area contributed by atoms with Crippen LogP contribution in [0.15, 0.2) is 30.3 Å². The van der Waals surface area contributed by atoms with Crippen molar-refractivity contribution in [1.29, 1.82) is 0 Å². The Morgan fingerprint density at radius 3 is 2.58 bits per heavy atom. The minimum Gasteiger partial charge on any atom is -0.479 e. The lowest BCUT2D eigenvalue weighted by Crippen LogP contribution is -2.37. The Bertz CT molecular complexity index is 1120. The summed E-state index contributed by atoms with van der Waals surface area (Å²) in [6.07, 6.45) is -1.56. The fourth-order valence-electron chi connectivity index (χ4n) is 3.38. The van der Waals surface area contributed by atoms with Crippen LogP contribution in [0.1, 0.15) is 24.3 Å². The molecule has 9 nitrogen and oxygen atoms in total.